The van der Waals surface area contributed by atoms with Crippen molar-refractivity contribution < 1.29 is 24.6 Å². The van der Waals surface area contributed by atoms with E-state index >= 15 is 0 Å². The number of fused-ring (bicyclic) bond motifs is 1. The number of allylic oxidation sites excluding steroid dienone is 2. The van der Waals surface area contributed by atoms with Crippen molar-refractivity contribution in [1.82, 2.24) is 9.37 Å². The Labute approximate surface area is 151 Å². The van der Waals surface area contributed by atoms with Crippen LogP contribution in [0.15, 0.2) is 34.5 Å². The van der Waals surface area contributed by atoms with Crippen molar-refractivity contribution in [3.63, 3.8) is 0 Å². The first-order chi connectivity index (χ1) is 11.4. The molecule has 1 unspecified atom stereocenters. The average Bonchev–Trinajstić information content (AvgIpc) is 2.78. The Morgan fingerprint density at radius 2 is 2.29 bits per heavy atom. The lowest BCUT2D eigenvalue weighted by molar-refractivity contribution is -0.159. The molecule has 0 aliphatic carbocycles. The van der Waals surface area contributed by atoms with Gasteiger partial charge in [0.1, 0.15) is 12.2 Å². The second-order valence-corrected chi connectivity index (χ2v) is 9.34. The minimum Gasteiger partial charge on any atom is -0.477 e. The molecule has 1 saturated heterocycles. The molecule has 3 heterocycles. The van der Waals surface area contributed by atoms with E-state index in [4.69, 9.17) is 4.84 Å². The Morgan fingerprint density at radius 1 is 1.54 bits per heavy atom. The number of carbonyl (C=O) groups excluding carboxylic acids is 1. The lowest BCUT2D eigenvalue weighted by Crippen LogP contribution is -2.68. The molecule has 0 aromatic carbocycles. The molecule has 0 spiro atoms. The van der Waals surface area contributed by atoms with Gasteiger partial charge < -0.3 is 15.1 Å². The minimum absolute atomic E-state index is 0.0561. The number of carbonyl (C=O) groups is 2. The van der Waals surface area contributed by atoms with Crippen LogP contribution in [0.1, 0.15) is 13.8 Å². The molecule has 10 heteroatoms. The molecule has 0 aromatic rings. The van der Waals surface area contributed by atoms with E-state index in [-0.39, 0.29) is 11.6 Å². The van der Waals surface area contributed by atoms with Gasteiger partial charge in [0.05, 0.1) is 16.5 Å². The number of hydroxylamine groups is 1. The second kappa shape index (κ2) is 6.58. The molecule has 0 bridgehead atoms. The summed E-state index contributed by atoms with van der Waals surface area (Å²) in [4.78, 5) is 30.8. The Kier molecular flexibility index (Phi) is 4.82. The highest BCUT2D eigenvalue weighted by atomic mass is 32.2. The number of carboxylic acids is 1. The minimum atomic E-state index is -1.17. The lowest BCUT2D eigenvalue weighted by Gasteiger charge is -2.53. The largest absolute Gasteiger partial charge is 0.477 e. The maximum Gasteiger partial charge on any atom is 0.354 e. The summed E-state index contributed by atoms with van der Waals surface area (Å²) in [7, 11) is 0. The van der Waals surface area contributed by atoms with E-state index in [0.29, 0.717) is 9.99 Å². The number of nitrogens with zero attached hydrogens (tertiary/aromatic N) is 2. The van der Waals surface area contributed by atoms with Crippen LogP contribution in [0.4, 0.5) is 0 Å². The summed E-state index contributed by atoms with van der Waals surface area (Å²) in [6, 6.07) is 0. The molecule has 3 aliphatic heterocycles. The van der Waals surface area contributed by atoms with Gasteiger partial charge >= 0.3 is 5.97 Å². The number of aliphatic hydroxyl groups excluding tert-OH is 1. The fourth-order valence-electron chi connectivity index (χ4n) is 2.75. The molecule has 24 heavy (non-hydrogen) atoms. The summed E-state index contributed by atoms with van der Waals surface area (Å²) in [5.41, 5.74) is -0.0561. The number of aliphatic carboxylic acids is 1. The van der Waals surface area contributed by atoms with Gasteiger partial charge in [-0.15, -0.1) is 11.8 Å². The van der Waals surface area contributed by atoms with Gasteiger partial charge in [-0.05, 0) is 24.8 Å². The molecule has 3 rings (SSSR count). The van der Waals surface area contributed by atoms with Gasteiger partial charge in [-0.3, -0.25) is 9.69 Å². The van der Waals surface area contributed by atoms with E-state index in [0.717, 1.165) is 11.9 Å². The van der Waals surface area contributed by atoms with Gasteiger partial charge in [-0.2, -0.15) is 4.47 Å². The van der Waals surface area contributed by atoms with Crippen LogP contribution in [-0.2, 0) is 14.4 Å². The maximum absolute atomic E-state index is 12.5. The van der Waals surface area contributed by atoms with Crippen molar-refractivity contribution in [2.24, 2.45) is 5.92 Å². The normalized spacial score (nSPS) is 29.5. The first-order valence-corrected chi connectivity index (χ1v) is 9.80. The molecule has 1 fully saturated rings. The molecule has 130 valence electrons. The third-order valence-corrected chi connectivity index (χ3v) is 7.69. The smallest absolute Gasteiger partial charge is 0.354 e. The first kappa shape index (κ1) is 17.6. The van der Waals surface area contributed by atoms with E-state index < -0.39 is 22.2 Å². The van der Waals surface area contributed by atoms with Crippen molar-refractivity contribution >= 4 is 47.3 Å². The summed E-state index contributed by atoms with van der Waals surface area (Å²) < 4.78 is 1.06. The predicted molar refractivity (Wildman–Crippen MR) is 93.9 cm³/mol. The summed E-state index contributed by atoms with van der Waals surface area (Å²) in [6.45, 7) is 3.50. The van der Waals surface area contributed by atoms with E-state index in [2.05, 4.69) is 0 Å². The number of hydrogen-bond acceptors (Lipinski definition) is 8. The molecule has 2 N–H and O–H groups in total. The van der Waals surface area contributed by atoms with Gasteiger partial charge in [-0.1, -0.05) is 18.7 Å². The molecular weight excluding hydrogens is 372 g/mol. The van der Waals surface area contributed by atoms with Crippen LogP contribution in [0.3, 0.4) is 0 Å². The Balaban J connectivity index is 1.94. The van der Waals surface area contributed by atoms with Crippen LogP contribution < -0.4 is 0 Å². The number of carboxylic acid groups (broad SMARTS) is 1. The van der Waals surface area contributed by atoms with Gasteiger partial charge in [-0.25, -0.2) is 4.79 Å². The number of aliphatic hydroxyl groups is 1. The second-order valence-electron chi connectivity index (χ2n) is 5.15. The molecule has 3 aliphatic rings. The predicted octanol–water partition coefficient (Wildman–Crippen LogP) is 2.16. The van der Waals surface area contributed by atoms with Crippen LogP contribution in [-0.4, -0.2) is 47.5 Å². The Hall–Kier alpha value is -1.23. The number of thioether (sulfide) groups is 2. The molecule has 7 nitrogen and oxygen atoms in total. The van der Waals surface area contributed by atoms with Crippen molar-refractivity contribution in [3.05, 3.63) is 34.5 Å². The van der Waals surface area contributed by atoms with E-state index in [1.54, 1.807) is 25.3 Å². The van der Waals surface area contributed by atoms with Crippen LogP contribution in [0.25, 0.3) is 0 Å². The third kappa shape index (κ3) is 2.61. The number of hydrogen-bond donors (Lipinski definition) is 2. The fraction of sp³-hybridized carbons (Fsp3) is 0.429. The van der Waals surface area contributed by atoms with Gasteiger partial charge in [0.25, 0.3) is 0 Å². The van der Waals surface area contributed by atoms with Crippen LogP contribution >= 0.6 is 35.5 Å². The monoisotopic (exact) mass is 388 g/mol. The molecular formula is C14H16N2O5S3. The van der Waals surface area contributed by atoms with Gasteiger partial charge in [0.2, 0.25) is 5.91 Å². The molecule has 3 atom stereocenters. The van der Waals surface area contributed by atoms with Crippen LogP contribution in [0, 0.1) is 5.92 Å². The average molecular weight is 388 g/mol. The summed E-state index contributed by atoms with van der Waals surface area (Å²) >= 11 is 3.85. The van der Waals surface area contributed by atoms with Gasteiger partial charge in [0.15, 0.2) is 9.90 Å². The van der Waals surface area contributed by atoms with Crippen molar-refractivity contribution in [2.75, 3.05) is 5.75 Å². The first-order valence-electron chi connectivity index (χ1n) is 7.22. The number of amides is 1. The lowest BCUT2D eigenvalue weighted by atomic mass is 9.91. The number of β-lactam (4-membered cyclic amide) rings is 1. The van der Waals surface area contributed by atoms with Crippen molar-refractivity contribution in [3.8, 4) is 0 Å². The summed E-state index contributed by atoms with van der Waals surface area (Å²) in [5, 5.41) is 19.6. The Morgan fingerprint density at radius 3 is 2.83 bits per heavy atom. The molecule has 0 saturated carbocycles. The maximum atomic E-state index is 12.5. The van der Waals surface area contributed by atoms with Crippen LogP contribution in [0.2, 0.25) is 0 Å². The fourth-order valence-corrected chi connectivity index (χ4v) is 7.59. The van der Waals surface area contributed by atoms with Crippen LogP contribution in [0.5, 0.6) is 0 Å². The van der Waals surface area contributed by atoms with Crippen molar-refractivity contribution in [2.45, 2.75) is 24.2 Å². The van der Waals surface area contributed by atoms with E-state index in [9.17, 15) is 19.8 Å². The topological polar surface area (TPSA) is 90.3 Å². The van der Waals surface area contributed by atoms with Crippen molar-refractivity contribution in [1.29, 1.82) is 0 Å². The standard InChI is InChI=1S/C14H16N2O5S3/c1-3-22-14-9(8(2)17)11(18)16(14)10(12(19)20)13(23-14)24-15-6-4-5-7-21-15/h4-9,17H,3H2,1-2H3,(H,19,20)/t8?,9-,14+/m0/s1. The zero-order valence-corrected chi connectivity index (χ0v) is 15.4. The third-order valence-electron chi connectivity index (χ3n) is 3.62. The van der Waals surface area contributed by atoms with E-state index in [1.807, 2.05) is 6.92 Å². The zero-order valence-electron chi connectivity index (χ0n) is 12.9. The Bertz CT molecular complexity index is 663. The highest BCUT2D eigenvalue weighted by molar-refractivity contribution is 8.28. The van der Waals surface area contributed by atoms with Gasteiger partial charge in [0, 0.05) is 11.9 Å². The SMILES string of the molecule is CCS[C@]12SC(SN3C=CC=CO3)=C(C(=O)O)N1C(=O)[C@@H]2C(C)O. The van der Waals surface area contributed by atoms with E-state index in [1.165, 1.54) is 39.2 Å². The zero-order chi connectivity index (χ0) is 17.5. The molecule has 0 aromatic heterocycles. The summed E-state index contributed by atoms with van der Waals surface area (Å²) in [6.07, 6.45) is 5.74. The quantitative estimate of drug-likeness (QED) is 0.525. The highest BCUT2D eigenvalue weighted by Gasteiger charge is 2.69. The summed E-state index contributed by atoms with van der Waals surface area (Å²) in [5.74, 6) is -1.48. The number of rotatable bonds is 6. The molecule has 0 radical (unpaired) electrons. The molecule has 1 amide bonds. The highest BCUT2D eigenvalue weighted by Crippen LogP contribution is 2.66.